The van der Waals surface area contributed by atoms with Gasteiger partial charge in [-0.2, -0.15) is 8.42 Å². The Labute approximate surface area is 226 Å². The van der Waals surface area contributed by atoms with Crippen molar-refractivity contribution in [1.29, 1.82) is 0 Å². The normalized spacial score (nSPS) is 20.8. The lowest BCUT2D eigenvalue weighted by Gasteiger charge is -2.41. The summed E-state index contributed by atoms with van der Waals surface area (Å²) in [6.45, 7) is 1.98. The number of amides is 1. The predicted octanol–water partition coefficient (Wildman–Crippen LogP) is 4.36. The molecule has 2 aliphatic heterocycles. The molecule has 1 N–H and O–H groups in total. The van der Waals surface area contributed by atoms with Crippen LogP contribution in [-0.2, 0) is 16.6 Å². The molecule has 0 saturated carbocycles. The van der Waals surface area contributed by atoms with Gasteiger partial charge < -0.3 is 19.6 Å². The molecule has 2 fully saturated rings. The number of nitrogens with zero attached hydrogens (tertiary/aromatic N) is 5. The van der Waals surface area contributed by atoms with Crippen molar-refractivity contribution in [2.24, 2.45) is 0 Å². The number of rotatable bonds is 8. The summed E-state index contributed by atoms with van der Waals surface area (Å²) in [5, 5.41) is 11.2. The van der Waals surface area contributed by atoms with Crippen LogP contribution in [0.4, 0.5) is 16.3 Å². The number of pyridine rings is 1. The van der Waals surface area contributed by atoms with Crippen LogP contribution in [-0.4, -0.2) is 66.8 Å². The van der Waals surface area contributed by atoms with Gasteiger partial charge in [0.05, 0.1) is 31.0 Å². The Hall–Kier alpha value is -3.38. The summed E-state index contributed by atoms with van der Waals surface area (Å²) in [4.78, 5) is 24.1. The first kappa shape index (κ1) is 26.2. The van der Waals surface area contributed by atoms with Crippen molar-refractivity contribution >= 4 is 39.0 Å². The molecule has 12 heteroatoms. The lowest BCUT2D eigenvalue weighted by Crippen LogP contribution is -2.51. The molecule has 3 aromatic rings. The van der Waals surface area contributed by atoms with Crippen LogP contribution in [0, 0.1) is 6.92 Å². The number of fused-ring (bicyclic) bond motifs is 2. The van der Waals surface area contributed by atoms with Crippen LogP contribution in [0.5, 0.6) is 5.75 Å². The first-order valence-electron chi connectivity index (χ1n) is 12.4. The number of hydrogen-bond acceptors (Lipinski definition) is 8. The van der Waals surface area contributed by atoms with E-state index >= 15 is 0 Å². The molecule has 10 nitrogen and oxygen atoms in total. The van der Waals surface area contributed by atoms with Crippen LogP contribution in [0.1, 0.15) is 36.8 Å². The largest absolute Gasteiger partial charge is 0.497 e. The monoisotopic (exact) mass is 557 g/mol. The Morgan fingerprint density at radius 2 is 1.87 bits per heavy atom. The minimum atomic E-state index is -4.01. The van der Waals surface area contributed by atoms with Gasteiger partial charge in [-0.25, -0.2) is 19.1 Å². The maximum Gasteiger partial charge on any atom is 0.407 e. The maximum absolute atomic E-state index is 13.8. The number of thiazole rings is 1. The number of hydrogen-bond donors (Lipinski definition) is 1. The molecule has 1 unspecified atom stereocenters. The lowest BCUT2D eigenvalue weighted by molar-refractivity contribution is 0.0965. The predicted molar refractivity (Wildman–Crippen MR) is 146 cm³/mol. The van der Waals surface area contributed by atoms with Gasteiger partial charge in [-0.05, 0) is 61.9 Å². The summed E-state index contributed by atoms with van der Waals surface area (Å²) in [6, 6.07) is 9.05. The Bertz CT molecular complexity index is 1380. The third kappa shape index (κ3) is 4.90. The van der Waals surface area contributed by atoms with Gasteiger partial charge in [0, 0.05) is 30.6 Å². The lowest BCUT2D eigenvalue weighted by atomic mass is 9.96. The smallest absolute Gasteiger partial charge is 0.407 e. The highest BCUT2D eigenvalue weighted by molar-refractivity contribution is 7.92. The Kier molecular flexibility index (Phi) is 7.19. The highest BCUT2D eigenvalue weighted by Crippen LogP contribution is 2.39. The summed E-state index contributed by atoms with van der Waals surface area (Å²) in [5.41, 5.74) is 4.02. The second kappa shape index (κ2) is 10.4. The van der Waals surface area contributed by atoms with E-state index in [0.717, 1.165) is 42.5 Å². The van der Waals surface area contributed by atoms with Crippen molar-refractivity contribution in [1.82, 2.24) is 14.9 Å². The summed E-state index contributed by atoms with van der Waals surface area (Å²) in [7, 11) is -0.449. The standard InChI is InChI=1S/C26H31N5O5S2/c1-17-10-25(27-13-23(17)29(2)21-11-19-6-7-20(12-21)31(19)26(32)33)38(34,35)30(24-15-37-16-28-24)14-18-4-8-22(36-3)9-5-18/h4-5,8-10,13,15-16,19-21H,6-7,11-12,14H2,1-3H3,(H,32,33)/t19-,20+,21?. The van der Waals surface area contributed by atoms with Gasteiger partial charge in [-0.15, -0.1) is 11.3 Å². The molecule has 2 bridgehead atoms. The first-order valence-corrected chi connectivity index (χ1v) is 14.8. The van der Waals surface area contributed by atoms with Crippen molar-refractivity contribution < 1.29 is 23.1 Å². The molecule has 38 heavy (non-hydrogen) atoms. The van der Waals surface area contributed by atoms with Crippen molar-refractivity contribution in [3.05, 3.63) is 58.5 Å². The van der Waals surface area contributed by atoms with Gasteiger partial charge in [0.1, 0.15) is 5.75 Å². The summed E-state index contributed by atoms with van der Waals surface area (Å²) in [5.74, 6) is 1.03. The second-order valence-corrected chi connectivity index (χ2v) is 12.4. The van der Waals surface area contributed by atoms with E-state index in [4.69, 9.17) is 4.74 Å². The number of sulfonamides is 1. The Morgan fingerprint density at radius 3 is 2.42 bits per heavy atom. The van der Waals surface area contributed by atoms with Crippen LogP contribution in [0.2, 0.25) is 0 Å². The maximum atomic E-state index is 13.8. The fourth-order valence-electron chi connectivity index (χ4n) is 5.63. The van der Waals surface area contributed by atoms with Gasteiger partial charge >= 0.3 is 6.09 Å². The first-order chi connectivity index (χ1) is 18.2. The van der Waals surface area contributed by atoms with E-state index in [1.807, 2.05) is 26.1 Å². The molecule has 0 spiro atoms. The number of carbonyl (C=O) groups is 1. The number of aromatic nitrogens is 2. The second-order valence-electron chi connectivity index (χ2n) is 9.83. The van der Waals surface area contributed by atoms with E-state index in [2.05, 4.69) is 14.9 Å². The molecule has 5 rings (SSSR count). The molecular formula is C26H31N5O5S2. The Balaban J connectivity index is 1.39. The fourth-order valence-corrected chi connectivity index (χ4v) is 7.64. The van der Waals surface area contributed by atoms with E-state index in [1.165, 1.54) is 15.6 Å². The van der Waals surface area contributed by atoms with E-state index in [0.29, 0.717) is 11.6 Å². The van der Waals surface area contributed by atoms with Crippen LogP contribution in [0.3, 0.4) is 0 Å². The highest BCUT2D eigenvalue weighted by atomic mass is 32.2. The number of ether oxygens (including phenoxy) is 1. The molecule has 1 aromatic carbocycles. The summed E-state index contributed by atoms with van der Waals surface area (Å²) >= 11 is 1.32. The topological polar surface area (TPSA) is 116 Å². The highest BCUT2D eigenvalue weighted by Gasteiger charge is 2.44. The van der Waals surface area contributed by atoms with Crippen LogP contribution < -0.4 is 13.9 Å². The van der Waals surface area contributed by atoms with Gasteiger partial charge in [-0.1, -0.05) is 12.1 Å². The van der Waals surface area contributed by atoms with Gasteiger partial charge in [-0.3, -0.25) is 0 Å². The van der Waals surface area contributed by atoms with Crippen molar-refractivity contribution in [3.8, 4) is 5.75 Å². The third-order valence-electron chi connectivity index (χ3n) is 7.63. The number of anilines is 2. The van der Waals surface area contributed by atoms with Crippen LogP contribution in [0.15, 0.2) is 52.4 Å². The average Bonchev–Trinajstić information content (AvgIpc) is 3.53. The minimum absolute atomic E-state index is 0.0243. The van der Waals surface area contributed by atoms with Crippen LogP contribution in [0.25, 0.3) is 0 Å². The average molecular weight is 558 g/mol. The zero-order valence-corrected chi connectivity index (χ0v) is 23.2. The number of piperidine rings is 1. The number of aryl methyl sites for hydroxylation is 1. The quantitative estimate of drug-likeness (QED) is 0.434. The van der Waals surface area contributed by atoms with Gasteiger partial charge in [0.25, 0.3) is 10.0 Å². The molecule has 4 heterocycles. The molecule has 0 aliphatic carbocycles. The summed E-state index contributed by atoms with van der Waals surface area (Å²) in [6.07, 6.45) is 4.04. The number of carboxylic acid groups (broad SMARTS) is 1. The third-order valence-corrected chi connectivity index (χ3v) is 9.85. The molecule has 2 saturated heterocycles. The van der Waals surface area contributed by atoms with E-state index in [9.17, 15) is 18.3 Å². The van der Waals surface area contributed by atoms with E-state index in [-0.39, 0.29) is 29.7 Å². The molecule has 0 radical (unpaired) electrons. The fraction of sp³-hybridized carbons (Fsp3) is 0.423. The van der Waals surface area contributed by atoms with Crippen molar-refractivity contribution in [2.75, 3.05) is 23.4 Å². The van der Waals surface area contributed by atoms with E-state index in [1.54, 1.807) is 47.3 Å². The SMILES string of the molecule is COc1ccc(CN(c2cscn2)S(=O)(=O)c2cc(C)c(N(C)C3C[C@H]4CC[C@@H](C3)N4C(=O)O)cn2)cc1. The summed E-state index contributed by atoms with van der Waals surface area (Å²) < 4.78 is 34.1. The van der Waals surface area contributed by atoms with Gasteiger partial charge in [0.15, 0.2) is 10.8 Å². The molecule has 2 aromatic heterocycles. The zero-order valence-electron chi connectivity index (χ0n) is 21.5. The number of methoxy groups -OCH3 is 1. The molecule has 1 amide bonds. The zero-order chi connectivity index (χ0) is 27.0. The van der Waals surface area contributed by atoms with Crippen molar-refractivity contribution in [2.45, 2.75) is 62.3 Å². The molecule has 202 valence electrons. The van der Waals surface area contributed by atoms with E-state index < -0.39 is 16.1 Å². The van der Waals surface area contributed by atoms with Crippen molar-refractivity contribution in [3.63, 3.8) is 0 Å². The minimum Gasteiger partial charge on any atom is -0.497 e. The van der Waals surface area contributed by atoms with Crippen LogP contribution >= 0.6 is 11.3 Å². The Morgan fingerprint density at radius 1 is 1.18 bits per heavy atom. The molecule has 2 aliphatic rings. The van der Waals surface area contributed by atoms with Gasteiger partial charge in [0.2, 0.25) is 0 Å². The number of benzene rings is 1. The molecular weight excluding hydrogens is 526 g/mol. The molecule has 3 atom stereocenters.